The van der Waals surface area contributed by atoms with Gasteiger partial charge in [0.05, 0.1) is 5.41 Å². The van der Waals surface area contributed by atoms with E-state index in [1.165, 1.54) is 0 Å². The first kappa shape index (κ1) is 17.8. The number of phenolic OH excluding ortho intramolecular Hbond substituents is 1. The van der Waals surface area contributed by atoms with E-state index in [9.17, 15) is 5.11 Å². The Morgan fingerprint density at radius 3 is 1.66 bits per heavy atom. The monoisotopic (exact) mass is 442 g/mol. The van der Waals surface area contributed by atoms with Gasteiger partial charge in [0.1, 0.15) is 5.75 Å². The average molecular weight is 443 g/mol. The number of halogens is 1. The summed E-state index contributed by atoms with van der Waals surface area (Å²) in [5, 5.41) is 10.4. The lowest BCUT2D eigenvalue weighted by atomic mass is 9.67. The lowest BCUT2D eigenvalue weighted by molar-refractivity contribution is 0.474. The zero-order chi connectivity index (χ0) is 20.2. The number of benzene rings is 4. The van der Waals surface area contributed by atoms with Crippen molar-refractivity contribution in [1.29, 1.82) is 0 Å². The van der Waals surface area contributed by atoms with Crippen LogP contribution in [0.5, 0.6) is 5.75 Å². The van der Waals surface area contributed by atoms with E-state index < -0.39 is 5.41 Å². The first-order valence-electron chi connectivity index (χ1n) is 9.36. The van der Waals surface area contributed by atoms with Crippen LogP contribution in [0.15, 0.2) is 89.4 Å². The SMILES string of the molecule is Nc1ccc(C2(c3ccc(N)cc3)c3cc(O)ccc3-c3ccc(Br)cc32)cc1. The molecule has 0 atom stereocenters. The van der Waals surface area contributed by atoms with Crippen molar-refractivity contribution in [3.05, 3.63) is 112 Å². The first-order valence-corrected chi connectivity index (χ1v) is 10.2. The molecule has 0 spiro atoms. The van der Waals surface area contributed by atoms with Crippen LogP contribution in [-0.2, 0) is 5.41 Å². The summed E-state index contributed by atoms with van der Waals surface area (Å²) < 4.78 is 1.00. The van der Waals surface area contributed by atoms with Crippen LogP contribution < -0.4 is 11.5 Å². The quantitative estimate of drug-likeness (QED) is 0.307. The van der Waals surface area contributed by atoms with Gasteiger partial charge in [0, 0.05) is 15.8 Å². The molecule has 29 heavy (non-hydrogen) atoms. The Labute approximate surface area is 177 Å². The van der Waals surface area contributed by atoms with E-state index in [2.05, 4.69) is 58.4 Å². The Bertz CT molecular complexity index is 1130. The summed E-state index contributed by atoms with van der Waals surface area (Å²) >= 11 is 3.65. The Kier molecular flexibility index (Phi) is 3.93. The summed E-state index contributed by atoms with van der Waals surface area (Å²) in [6.07, 6.45) is 0. The molecule has 5 N–H and O–H groups in total. The van der Waals surface area contributed by atoms with Crippen LogP contribution in [0.4, 0.5) is 11.4 Å². The van der Waals surface area contributed by atoms with Crippen LogP contribution in [0.2, 0.25) is 0 Å². The van der Waals surface area contributed by atoms with Gasteiger partial charge in [0.15, 0.2) is 0 Å². The lowest BCUT2D eigenvalue weighted by Crippen LogP contribution is -2.28. The van der Waals surface area contributed by atoms with Crippen molar-refractivity contribution in [2.24, 2.45) is 0 Å². The topological polar surface area (TPSA) is 72.3 Å². The van der Waals surface area contributed by atoms with Crippen LogP contribution in [-0.4, -0.2) is 5.11 Å². The molecule has 142 valence electrons. The number of nitrogens with two attached hydrogens (primary N) is 2. The molecule has 0 heterocycles. The highest BCUT2D eigenvalue weighted by Crippen LogP contribution is 2.57. The molecule has 0 saturated heterocycles. The molecule has 4 heteroatoms. The summed E-state index contributed by atoms with van der Waals surface area (Å²) in [7, 11) is 0. The standard InChI is InChI=1S/C25H19BrN2O/c26-17-5-11-21-22-12-10-20(29)14-24(22)25(23(21)13-17,15-1-6-18(27)7-2-15)16-3-8-19(28)9-4-16/h1-14,29H,27-28H2. The van der Waals surface area contributed by atoms with Crippen molar-refractivity contribution < 1.29 is 5.11 Å². The van der Waals surface area contributed by atoms with Gasteiger partial charge in [-0.1, -0.05) is 52.3 Å². The molecule has 0 aromatic heterocycles. The molecule has 3 nitrogen and oxygen atoms in total. The number of fused-ring (bicyclic) bond motifs is 3. The molecule has 0 fully saturated rings. The molecule has 0 amide bonds. The summed E-state index contributed by atoms with van der Waals surface area (Å²) in [4.78, 5) is 0. The first-order chi connectivity index (χ1) is 14.0. The van der Waals surface area contributed by atoms with Gasteiger partial charge >= 0.3 is 0 Å². The van der Waals surface area contributed by atoms with E-state index in [-0.39, 0.29) is 5.75 Å². The van der Waals surface area contributed by atoms with Gasteiger partial charge in [0.25, 0.3) is 0 Å². The van der Waals surface area contributed by atoms with Crippen LogP contribution in [0, 0.1) is 0 Å². The van der Waals surface area contributed by atoms with Crippen LogP contribution >= 0.6 is 15.9 Å². The maximum atomic E-state index is 10.4. The second kappa shape index (κ2) is 6.39. The zero-order valence-electron chi connectivity index (χ0n) is 15.6. The van der Waals surface area contributed by atoms with Gasteiger partial charge in [0.2, 0.25) is 0 Å². The van der Waals surface area contributed by atoms with Crippen LogP contribution in [0.1, 0.15) is 22.3 Å². The molecule has 1 aliphatic carbocycles. The molecular formula is C25H19BrN2O. The Balaban J connectivity index is 1.97. The molecule has 0 saturated carbocycles. The number of nitrogen functional groups attached to an aromatic ring is 2. The van der Waals surface area contributed by atoms with Crippen LogP contribution in [0.3, 0.4) is 0 Å². The third kappa shape index (κ3) is 2.56. The average Bonchev–Trinajstić information content (AvgIpc) is 2.99. The highest BCUT2D eigenvalue weighted by molar-refractivity contribution is 9.10. The van der Waals surface area contributed by atoms with Gasteiger partial charge in [-0.15, -0.1) is 0 Å². The highest BCUT2D eigenvalue weighted by Gasteiger charge is 2.46. The number of anilines is 2. The molecule has 1 aliphatic rings. The molecule has 4 aromatic rings. The summed E-state index contributed by atoms with van der Waals surface area (Å²) in [6.45, 7) is 0. The van der Waals surface area contributed by atoms with Crippen molar-refractivity contribution in [2.45, 2.75) is 5.41 Å². The predicted molar refractivity (Wildman–Crippen MR) is 122 cm³/mol. The number of hydrogen-bond acceptors (Lipinski definition) is 3. The third-order valence-electron chi connectivity index (χ3n) is 5.77. The molecule has 5 rings (SSSR count). The van der Waals surface area contributed by atoms with Gasteiger partial charge in [-0.3, -0.25) is 0 Å². The van der Waals surface area contributed by atoms with E-state index in [4.69, 9.17) is 11.5 Å². The Morgan fingerprint density at radius 1 is 0.621 bits per heavy atom. The Morgan fingerprint density at radius 2 is 1.10 bits per heavy atom. The number of rotatable bonds is 2. The zero-order valence-corrected chi connectivity index (χ0v) is 17.1. The van der Waals surface area contributed by atoms with Crippen molar-refractivity contribution in [2.75, 3.05) is 11.5 Å². The molecule has 0 aliphatic heterocycles. The molecular weight excluding hydrogens is 424 g/mol. The number of phenols is 1. The van der Waals surface area contributed by atoms with Crippen molar-refractivity contribution in [3.63, 3.8) is 0 Å². The van der Waals surface area contributed by atoms with Gasteiger partial charge in [-0.25, -0.2) is 0 Å². The van der Waals surface area contributed by atoms with E-state index in [1.54, 1.807) is 6.07 Å². The minimum atomic E-state index is -0.589. The lowest BCUT2D eigenvalue weighted by Gasteiger charge is -2.34. The van der Waals surface area contributed by atoms with Gasteiger partial charge < -0.3 is 16.6 Å². The van der Waals surface area contributed by atoms with E-state index >= 15 is 0 Å². The fourth-order valence-corrected chi connectivity index (χ4v) is 4.90. The van der Waals surface area contributed by atoms with E-state index in [1.807, 2.05) is 36.4 Å². The van der Waals surface area contributed by atoms with Crippen LogP contribution in [0.25, 0.3) is 11.1 Å². The fraction of sp³-hybridized carbons (Fsp3) is 0.0400. The maximum Gasteiger partial charge on any atom is 0.115 e. The summed E-state index contributed by atoms with van der Waals surface area (Å²) in [5.74, 6) is 0.242. The fourth-order valence-electron chi connectivity index (χ4n) is 4.54. The van der Waals surface area contributed by atoms with Gasteiger partial charge in [-0.05, 0) is 81.9 Å². The molecule has 0 bridgehead atoms. The maximum absolute atomic E-state index is 10.4. The predicted octanol–water partition coefficient (Wildman–Crippen LogP) is 5.68. The normalized spacial score (nSPS) is 13.7. The molecule has 4 aromatic carbocycles. The summed E-state index contributed by atoms with van der Waals surface area (Å²) in [5.41, 5.74) is 19.5. The minimum absolute atomic E-state index is 0.242. The highest BCUT2D eigenvalue weighted by atomic mass is 79.9. The Hall–Kier alpha value is -3.24. The molecule has 0 unspecified atom stereocenters. The largest absolute Gasteiger partial charge is 0.508 e. The number of aromatic hydroxyl groups is 1. The smallest absolute Gasteiger partial charge is 0.115 e. The van der Waals surface area contributed by atoms with Crippen molar-refractivity contribution in [1.82, 2.24) is 0 Å². The number of hydrogen-bond donors (Lipinski definition) is 3. The second-order valence-electron chi connectivity index (χ2n) is 7.41. The molecule has 0 radical (unpaired) electrons. The van der Waals surface area contributed by atoms with E-state index in [0.717, 1.165) is 37.9 Å². The minimum Gasteiger partial charge on any atom is -0.508 e. The van der Waals surface area contributed by atoms with Crippen molar-refractivity contribution >= 4 is 27.3 Å². The second-order valence-corrected chi connectivity index (χ2v) is 8.33. The van der Waals surface area contributed by atoms with Crippen molar-refractivity contribution in [3.8, 4) is 16.9 Å². The van der Waals surface area contributed by atoms with E-state index in [0.29, 0.717) is 11.4 Å². The summed E-state index contributed by atoms with van der Waals surface area (Å²) in [6, 6.07) is 27.9. The third-order valence-corrected chi connectivity index (χ3v) is 6.26. The van der Waals surface area contributed by atoms with Gasteiger partial charge in [-0.2, -0.15) is 0 Å².